The van der Waals surface area contributed by atoms with Crippen molar-refractivity contribution in [2.24, 2.45) is 28.9 Å². The van der Waals surface area contributed by atoms with E-state index in [2.05, 4.69) is 5.32 Å². The molecule has 15 N–H and O–H groups in total. The number of rotatable bonds is 14. The molecule has 3 fully saturated rings. The first kappa shape index (κ1) is 33.9. The number of nitrogens with one attached hydrogen (secondary N) is 1. The second-order valence-electron chi connectivity index (χ2n) is 11.3. The lowest BCUT2D eigenvalue weighted by Gasteiger charge is -2.48. The van der Waals surface area contributed by atoms with Gasteiger partial charge < -0.3 is 77.8 Å². The van der Waals surface area contributed by atoms with Gasteiger partial charge in [0, 0.05) is 25.7 Å². The van der Waals surface area contributed by atoms with E-state index in [1.165, 1.54) is 0 Å². The minimum atomic E-state index is -1.44. The molecule has 40 heavy (non-hydrogen) atoms. The second kappa shape index (κ2) is 16.3. The quantitative estimate of drug-likeness (QED) is 0.0858. The van der Waals surface area contributed by atoms with Crippen LogP contribution < -0.4 is 28.3 Å². The van der Waals surface area contributed by atoms with Crippen LogP contribution in [0, 0.1) is 5.92 Å². The normalized spacial score (nSPS) is 43.5. The molecule has 0 amide bonds. The summed E-state index contributed by atoms with van der Waals surface area (Å²) >= 11 is 0. The molecule has 2 heterocycles. The Morgan fingerprint density at radius 3 is 2.30 bits per heavy atom. The van der Waals surface area contributed by atoms with E-state index in [-0.39, 0.29) is 25.2 Å². The summed E-state index contributed by atoms with van der Waals surface area (Å²) in [5, 5.41) is 64.2. The van der Waals surface area contributed by atoms with Crippen LogP contribution in [0.3, 0.4) is 0 Å². The second-order valence-corrected chi connectivity index (χ2v) is 11.3. The van der Waals surface area contributed by atoms with Crippen molar-refractivity contribution in [2.45, 2.75) is 118 Å². The zero-order valence-electron chi connectivity index (χ0n) is 23.0. The van der Waals surface area contributed by atoms with Crippen molar-refractivity contribution < 1.29 is 49.6 Å². The molecular weight excluding hydrogens is 530 g/mol. The van der Waals surface area contributed by atoms with Crippen molar-refractivity contribution in [1.82, 2.24) is 5.32 Å². The van der Waals surface area contributed by atoms with Crippen molar-refractivity contribution >= 4 is 0 Å². The van der Waals surface area contributed by atoms with Gasteiger partial charge in [-0.3, -0.25) is 0 Å². The van der Waals surface area contributed by atoms with Crippen LogP contribution in [-0.4, -0.2) is 143 Å². The van der Waals surface area contributed by atoms with Crippen LogP contribution in [-0.2, 0) is 18.9 Å². The summed E-state index contributed by atoms with van der Waals surface area (Å²) in [6, 6.07) is -2.22. The van der Waals surface area contributed by atoms with Crippen LogP contribution >= 0.6 is 0 Å². The molecule has 3 aliphatic rings. The zero-order chi connectivity index (χ0) is 29.4. The van der Waals surface area contributed by atoms with Gasteiger partial charge in [-0.25, -0.2) is 0 Å². The van der Waals surface area contributed by atoms with E-state index >= 15 is 0 Å². The molecule has 0 aromatic rings. The molecule has 0 spiro atoms. The van der Waals surface area contributed by atoms with Crippen molar-refractivity contribution in [1.29, 1.82) is 0 Å². The average molecular weight is 582 g/mol. The van der Waals surface area contributed by atoms with Crippen molar-refractivity contribution in [3.8, 4) is 0 Å². The maximum atomic E-state index is 11.5. The predicted octanol–water partition coefficient (Wildman–Crippen LogP) is -4.86. The summed E-state index contributed by atoms with van der Waals surface area (Å²) in [5.41, 5.74) is 24.3. The van der Waals surface area contributed by atoms with E-state index in [0.717, 1.165) is 6.42 Å². The molecular formula is C25H51N5O10. The SMILES string of the molecule is NCC(O)CC[C@@H]1C[C@H](N)C(O[C@H]2O[C@H](CNCCCO)CC[C@H]2N)[C@H](O)[C@H]1O[C@H]1O[C@H](CO)[C@@H](O)[C@H](N)[C@H]1O. The first-order valence-electron chi connectivity index (χ1n) is 14.3. The smallest absolute Gasteiger partial charge is 0.186 e. The number of aliphatic hydroxyl groups excluding tert-OH is 6. The Bertz CT molecular complexity index is 729. The van der Waals surface area contributed by atoms with E-state index in [1.807, 2.05) is 0 Å². The molecule has 236 valence electrons. The van der Waals surface area contributed by atoms with E-state index < -0.39 is 80.0 Å². The van der Waals surface area contributed by atoms with Crippen molar-refractivity contribution in [3.63, 3.8) is 0 Å². The van der Waals surface area contributed by atoms with Gasteiger partial charge in [0.25, 0.3) is 0 Å². The first-order chi connectivity index (χ1) is 19.1. The number of nitrogens with two attached hydrogens (primary N) is 4. The number of hydrogen-bond donors (Lipinski definition) is 11. The minimum Gasteiger partial charge on any atom is -0.396 e. The lowest BCUT2D eigenvalue weighted by Crippen LogP contribution is -2.66. The molecule has 0 aromatic carbocycles. The fraction of sp³-hybridized carbons (Fsp3) is 1.00. The lowest BCUT2D eigenvalue weighted by atomic mass is 9.77. The Morgan fingerprint density at radius 2 is 1.62 bits per heavy atom. The highest BCUT2D eigenvalue weighted by atomic mass is 16.7. The zero-order valence-corrected chi connectivity index (χ0v) is 23.0. The van der Waals surface area contributed by atoms with Gasteiger partial charge in [-0.1, -0.05) is 0 Å². The summed E-state index contributed by atoms with van der Waals surface area (Å²) in [6.07, 6.45) is -7.09. The molecule has 15 nitrogen and oxygen atoms in total. The van der Waals surface area contributed by atoms with Crippen LogP contribution in [0.15, 0.2) is 0 Å². The molecule has 0 bridgehead atoms. The molecule has 1 aliphatic carbocycles. The first-order valence-corrected chi connectivity index (χ1v) is 14.3. The van der Waals surface area contributed by atoms with Gasteiger partial charge in [-0.15, -0.1) is 0 Å². The van der Waals surface area contributed by atoms with Gasteiger partial charge in [-0.2, -0.15) is 0 Å². The van der Waals surface area contributed by atoms with Gasteiger partial charge in [0.1, 0.15) is 30.5 Å². The molecule has 0 radical (unpaired) electrons. The third-order valence-electron chi connectivity index (χ3n) is 8.18. The third-order valence-corrected chi connectivity index (χ3v) is 8.18. The Hall–Kier alpha value is -0.600. The van der Waals surface area contributed by atoms with Gasteiger partial charge >= 0.3 is 0 Å². The molecule has 2 saturated heterocycles. The van der Waals surface area contributed by atoms with E-state index in [1.54, 1.807) is 0 Å². The molecule has 1 saturated carbocycles. The Labute approximate surface area is 235 Å². The molecule has 3 rings (SSSR count). The van der Waals surface area contributed by atoms with E-state index in [9.17, 15) is 25.5 Å². The summed E-state index contributed by atoms with van der Waals surface area (Å²) < 4.78 is 24.0. The average Bonchev–Trinajstić information content (AvgIpc) is 2.94. The third kappa shape index (κ3) is 8.72. The van der Waals surface area contributed by atoms with Crippen LogP contribution in [0.25, 0.3) is 0 Å². The monoisotopic (exact) mass is 581 g/mol. The molecule has 15 heteroatoms. The number of ether oxygens (including phenoxy) is 4. The summed E-state index contributed by atoms with van der Waals surface area (Å²) in [5.74, 6) is -0.373. The number of hydrogen-bond acceptors (Lipinski definition) is 15. The minimum absolute atomic E-state index is 0.0703. The molecule has 14 atom stereocenters. The maximum Gasteiger partial charge on any atom is 0.186 e. The predicted molar refractivity (Wildman–Crippen MR) is 142 cm³/mol. The van der Waals surface area contributed by atoms with Crippen molar-refractivity contribution in [2.75, 3.05) is 32.8 Å². The highest BCUT2D eigenvalue weighted by molar-refractivity contribution is 4.99. The largest absolute Gasteiger partial charge is 0.396 e. The molecule has 2 aliphatic heterocycles. The van der Waals surface area contributed by atoms with E-state index in [0.29, 0.717) is 45.2 Å². The standard InChI is InChI=1S/C25H51N5O10/c26-9-13(33)3-2-12-8-16(28)23(40-24-15(27)5-4-14(37-24)10-30-6-1-7-31)21(36)22(12)39-25-20(35)18(29)19(34)17(11-32)38-25/h12-25,30-36H,1-11,26-29H2/t12-,13?,14+,15-,16+,17-,18+,19-,20-,21-,22+,23?,24-,25-/m1/s1. The Morgan fingerprint density at radius 1 is 0.900 bits per heavy atom. The van der Waals surface area contributed by atoms with Crippen LogP contribution in [0.5, 0.6) is 0 Å². The van der Waals surface area contributed by atoms with Crippen molar-refractivity contribution in [3.05, 3.63) is 0 Å². The fourth-order valence-corrected chi connectivity index (χ4v) is 5.68. The van der Waals surface area contributed by atoms with Gasteiger partial charge in [-0.05, 0) is 51.0 Å². The van der Waals surface area contributed by atoms with Gasteiger partial charge in [0.2, 0.25) is 0 Å². The molecule has 0 aromatic heterocycles. The Kier molecular flexibility index (Phi) is 13.8. The van der Waals surface area contributed by atoms with Gasteiger partial charge in [0.15, 0.2) is 12.6 Å². The van der Waals surface area contributed by atoms with Gasteiger partial charge in [0.05, 0.1) is 37.0 Å². The Balaban J connectivity index is 1.73. The summed E-state index contributed by atoms with van der Waals surface area (Å²) in [4.78, 5) is 0. The van der Waals surface area contributed by atoms with Crippen LogP contribution in [0.2, 0.25) is 0 Å². The van der Waals surface area contributed by atoms with Crippen LogP contribution in [0.1, 0.15) is 38.5 Å². The summed E-state index contributed by atoms with van der Waals surface area (Å²) in [6.45, 7) is 0.813. The maximum absolute atomic E-state index is 11.5. The highest BCUT2D eigenvalue weighted by Crippen LogP contribution is 2.36. The van der Waals surface area contributed by atoms with Crippen LogP contribution in [0.4, 0.5) is 0 Å². The topological polar surface area (TPSA) is 274 Å². The highest BCUT2D eigenvalue weighted by Gasteiger charge is 2.50. The summed E-state index contributed by atoms with van der Waals surface area (Å²) in [7, 11) is 0. The lowest BCUT2D eigenvalue weighted by molar-refractivity contribution is -0.318. The number of aliphatic hydroxyl groups is 6. The fourth-order valence-electron chi connectivity index (χ4n) is 5.68. The molecule has 2 unspecified atom stereocenters. The van der Waals surface area contributed by atoms with E-state index in [4.69, 9.17) is 47.0 Å².